The van der Waals surface area contributed by atoms with Crippen LogP contribution in [0.3, 0.4) is 0 Å². The quantitative estimate of drug-likeness (QED) is 0.873. The van der Waals surface area contributed by atoms with Gasteiger partial charge in [-0.25, -0.2) is 0 Å². The van der Waals surface area contributed by atoms with E-state index < -0.39 is 0 Å². The number of nitrogens with two attached hydrogens (primary N) is 1. The molecule has 1 saturated heterocycles. The molecule has 1 aliphatic rings. The Morgan fingerprint density at radius 2 is 2.33 bits per heavy atom. The average molecular weight is 305 g/mol. The predicted octanol–water partition coefficient (Wildman–Crippen LogP) is 2.91. The summed E-state index contributed by atoms with van der Waals surface area (Å²) in [5.41, 5.74) is 6.69. The highest BCUT2D eigenvalue weighted by Crippen LogP contribution is 2.24. The summed E-state index contributed by atoms with van der Waals surface area (Å²) in [6.07, 6.45) is 3.47. The summed E-state index contributed by atoms with van der Waals surface area (Å²) in [6.45, 7) is 4.18. The second-order valence-electron chi connectivity index (χ2n) is 5.40. The minimum absolute atomic E-state index is 0.0637. The molecule has 2 rings (SSSR count). The van der Waals surface area contributed by atoms with Gasteiger partial charge in [0.2, 0.25) is 0 Å². The molecule has 2 N–H and O–H groups in total. The Hall–Kier alpha value is -1.50. The van der Waals surface area contributed by atoms with Gasteiger partial charge in [-0.2, -0.15) is 0 Å². The summed E-state index contributed by atoms with van der Waals surface area (Å²) in [4.78, 5) is 14.4. The van der Waals surface area contributed by atoms with Crippen LogP contribution in [0.25, 0.3) is 0 Å². The SMILES string of the molecule is CCCC1CCN(C(=O)c2ccc(C#CCN)c(Cl)c2)C1. The Labute approximate surface area is 131 Å². The molecule has 112 valence electrons. The average Bonchev–Trinajstić information content (AvgIpc) is 2.94. The van der Waals surface area contributed by atoms with Gasteiger partial charge in [0, 0.05) is 24.2 Å². The van der Waals surface area contributed by atoms with E-state index in [0.717, 1.165) is 19.5 Å². The fourth-order valence-electron chi connectivity index (χ4n) is 2.74. The van der Waals surface area contributed by atoms with Crippen molar-refractivity contribution in [2.75, 3.05) is 19.6 Å². The maximum atomic E-state index is 12.5. The first-order chi connectivity index (χ1) is 10.2. The van der Waals surface area contributed by atoms with Crippen LogP contribution in [0.2, 0.25) is 5.02 Å². The van der Waals surface area contributed by atoms with E-state index in [9.17, 15) is 4.79 Å². The molecule has 21 heavy (non-hydrogen) atoms. The molecular formula is C17H21ClN2O. The summed E-state index contributed by atoms with van der Waals surface area (Å²) in [7, 11) is 0. The van der Waals surface area contributed by atoms with Gasteiger partial charge in [-0.1, -0.05) is 36.8 Å². The molecule has 1 heterocycles. The number of benzene rings is 1. The first kappa shape index (κ1) is 15.9. The fraction of sp³-hybridized carbons (Fsp3) is 0.471. The van der Waals surface area contributed by atoms with E-state index in [2.05, 4.69) is 18.8 Å². The number of rotatable bonds is 3. The maximum Gasteiger partial charge on any atom is 0.253 e. The van der Waals surface area contributed by atoms with E-state index >= 15 is 0 Å². The minimum Gasteiger partial charge on any atom is -0.338 e. The van der Waals surface area contributed by atoms with E-state index in [4.69, 9.17) is 17.3 Å². The van der Waals surface area contributed by atoms with Crippen LogP contribution in [0.5, 0.6) is 0 Å². The van der Waals surface area contributed by atoms with Crippen molar-refractivity contribution in [2.45, 2.75) is 26.2 Å². The lowest BCUT2D eigenvalue weighted by molar-refractivity contribution is 0.0786. The molecule has 1 aromatic rings. The summed E-state index contributed by atoms with van der Waals surface area (Å²) >= 11 is 6.18. The van der Waals surface area contributed by atoms with Crippen LogP contribution in [0.4, 0.5) is 0 Å². The lowest BCUT2D eigenvalue weighted by atomic mass is 10.0. The number of amides is 1. The van der Waals surface area contributed by atoms with Crippen molar-refractivity contribution in [3.63, 3.8) is 0 Å². The smallest absolute Gasteiger partial charge is 0.253 e. The molecular weight excluding hydrogens is 284 g/mol. The number of nitrogens with zero attached hydrogens (tertiary/aromatic N) is 1. The number of halogens is 1. The molecule has 0 radical (unpaired) electrons. The van der Waals surface area contributed by atoms with Crippen LogP contribution >= 0.6 is 11.6 Å². The Morgan fingerprint density at radius 1 is 1.52 bits per heavy atom. The lowest BCUT2D eigenvalue weighted by Crippen LogP contribution is -2.28. The summed E-state index contributed by atoms with van der Waals surface area (Å²) < 4.78 is 0. The van der Waals surface area contributed by atoms with Gasteiger partial charge < -0.3 is 10.6 Å². The van der Waals surface area contributed by atoms with Crippen molar-refractivity contribution in [1.82, 2.24) is 4.90 Å². The van der Waals surface area contributed by atoms with E-state index in [1.165, 1.54) is 12.8 Å². The first-order valence-electron chi connectivity index (χ1n) is 7.43. The highest BCUT2D eigenvalue weighted by Gasteiger charge is 2.26. The second-order valence-corrected chi connectivity index (χ2v) is 5.80. The third kappa shape index (κ3) is 4.00. The molecule has 0 spiro atoms. The highest BCUT2D eigenvalue weighted by atomic mass is 35.5. The van der Waals surface area contributed by atoms with Gasteiger partial charge in [0.05, 0.1) is 11.6 Å². The number of hydrogen-bond donors (Lipinski definition) is 1. The van der Waals surface area contributed by atoms with Crippen LogP contribution in [0.1, 0.15) is 42.1 Å². The number of carbonyl (C=O) groups is 1. The largest absolute Gasteiger partial charge is 0.338 e. The van der Waals surface area contributed by atoms with E-state index in [1.54, 1.807) is 18.2 Å². The van der Waals surface area contributed by atoms with Gasteiger partial charge in [0.15, 0.2) is 0 Å². The molecule has 0 saturated carbocycles. The molecule has 0 aromatic heterocycles. The molecule has 0 bridgehead atoms. The van der Waals surface area contributed by atoms with Gasteiger partial charge in [-0.3, -0.25) is 4.79 Å². The van der Waals surface area contributed by atoms with Gasteiger partial charge in [0.25, 0.3) is 5.91 Å². The van der Waals surface area contributed by atoms with Crippen LogP contribution in [-0.2, 0) is 0 Å². The van der Waals surface area contributed by atoms with Gasteiger partial charge >= 0.3 is 0 Å². The summed E-state index contributed by atoms with van der Waals surface area (Å²) in [5.74, 6) is 6.37. The fourth-order valence-corrected chi connectivity index (χ4v) is 2.97. The van der Waals surface area contributed by atoms with Crippen LogP contribution in [0.15, 0.2) is 18.2 Å². The summed E-state index contributed by atoms with van der Waals surface area (Å²) in [5, 5.41) is 0.506. The molecule has 1 aliphatic heterocycles. The molecule has 1 aromatic carbocycles. The Bertz CT molecular complexity index is 574. The van der Waals surface area contributed by atoms with E-state index in [-0.39, 0.29) is 5.91 Å². The zero-order valence-electron chi connectivity index (χ0n) is 12.4. The predicted molar refractivity (Wildman–Crippen MR) is 86.3 cm³/mol. The van der Waals surface area contributed by atoms with Crippen molar-refractivity contribution in [1.29, 1.82) is 0 Å². The standard InChI is InChI=1S/C17H21ClN2O/c1-2-4-13-8-10-20(12-13)17(21)15-7-6-14(5-3-9-19)16(18)11-15/h6-7,11,13H,2,4,8-10,12,19H2,1H3. The number of carbonyl (C=O) groups excluding carboxylic acids is 1. The monoisotopic (exact) mass is 304 g/mol. The van der Waals surface area contributed by atoms with Crippen LogP contribution in [-0.4, -0.2) is 30.4 Å². The third-order valence-corrected chi connectivity index (χ3v) is 4.12. The van der Waals surface area contributed by atoms with Crippen molar-refractivity contribution in [3.05, 3.63) is 34.3 Å². The van der Waals surface area contributed by atoms with Crippen LogP contribution in [0, 0.1) is 17.8 Å². The number of likely N-dealkylation sites (tertiary alicyclic amines) is 1. The third-order valence-electron chi connectivity index (χ3n) is 3.81. The van der Waals surface area contributed by atoms with Crippen molar-refractivity contribution in [3.8, 4) is 11.8 Å². The van der Waals surface area contributed by atoms with Crippen molar-refractivity contribution >= 4 is 17.5 Å². The second kappa shape index (κ2) is 7.49. The molecule has 1 atom stereocenters. The normalized spacial score (nSPS) is 17.5. The minimum atomic E-state index is 0.0637. The number of hydrogen-bond acceptors (Lipinski definition) is 2. The van der Waals surface area contributed by atoms with Crippen molar-refractivity contribution < 1.29 is 4.79 Å². The van der Waals surface area contributed by atoms with Crippen molar-refractivity contribution in [2.24, 2.45) is 11.7 Å². The van der Waals surface area contributed by atoms with Crippen LogP contribution < -0.4 is 5.73 Å². The molecule has 3 nitrogen and oxygen atoms in total. The molecule has 4 heteroatoms. The molecule has 1 fully saturated rings. The summed E-state index contributed by atoms with van der Waals surface area (Å²) in [6, 6.07) is 5.29. The Morgan fingerprint density at radius 3 is 3.00 bits per heavy atom. The topological polar surface area (TPSA) is 46.3 Å². The van der Waals surface area contributed by atoms with E-state index in [1.807, 2.05) is 4.90 Å². The molecule has 0 aliphatic carbocycles. The Balaban J connectivity index is 2.08. The zero-order valence-corrected chi connectivity index (χ0v) is 13.1. The molecule has 1 unspecified atom stereocenters. The molecule has 1 amide bonds. The zero-order chi connectivity index (χ0) is 15.2. The lowest BCUT2D eigenvalue weighted by Gasteiger charge is -2.17. The van der Waals surface area contributed by atoms with Gasteiger partial charge in [0.1, 0.15) is 0 Å². The van der Waals surface area contributed by atoms with Gasteiger partial charge in [-0.05, 0) is 37.0 Å². The van der Waals surface area contributed by atoms with Gasteiger partial charge in [-0.15, -0.1) is 0 Å². The Kier molecular flexibility index (Phi) is 5.67. The first-order valence-corrected chi connectivity index (χ1v) is 7.81. The highest BCUT2D eigenvalue weighted by molar-refractivity contribution is 6.32. The van der Waals surface area contributed by atoms with E-state index in [0.29, 0.717) is 28.6 Å². The maximum absolute atomic E-state index is 12.5.